The Morgan fingerprint density at radius 1 is 1.05 bits per heavy atom. The third-order valence-corrected chi connectivity index (χ3v) is 2.46. The summed E-state index contributed by atoms with van der Waals surface area (Å²) in [4.78, 5) is 0. The van der Waals surface area contributed by atoms with Gasteiger partial charge in [0, 0.05) is 18.0 Å². The topological polar surface area (TPSA) is 26.0 Å². The molecule has 1 aromatic rings. The fraction of sp³-hybridized carbons (Fsp3) is 0.455. The van der Waals surface area contributed by atoms with Crippen LogP contribution in [0.1, 0.15) is 30.0 Å². The maximum Gasteiger partial charge on any atom is 0.416 e. The Labute approximate surface area is 104 Å². The van der Waals surface area contributed by atoms with Gasteiger partial charge in [-0.25, -0.2) is 4.39 Å². The molecule has 0 aliphatic heterocycles. The molecular formula is C11H10F7N. The predicted octanol–water partition coefficient (Wildman–Crippen LogP) is 4.19. The van der Waals surface area contributed by atoms with E-state index in [-0.39, 0.29) is 0 Å². The minimum atomic E-state index is -4.70. The Kier molecular flexibility index (Phi) is 4.44. The van der Waals surface area contributed by atoms with Crippen LogP contribution >= 0.6 is 0 Å². The molecule has 0 radical (unpaired) electrons. The van der Waals surface area contributed by atoms with Crippen molar-refractivity contribution < 1.29 is 30.7 Å². The smallest absolute Gasteiger partial charge is 0.324 e. The first-order valence-electron chi connectivity index (χ1n) is 5.19. The van der Waals surface area contributed by atoms with Crippen LogP contribution in [0.15, 0.2) is 18.2 Å². The van der Waals surface area contributed by atoms with Crippen LogP contribution in [-0.4, -0.2) is 6.18 Å². The van der Waals surface area contributed by atoms with E-state index in [2.05, 4.69) is 0 Å². The monoisotopic (exact) mass is 289 g/mol. The number of rotatable bonds is 3. The molecule has 0 fully saturated rings. The lowest BCUT2D eigenvalue weighted by molar-refractivity contribution is -0.138. The molecule has 19 heavy (non-hydrogen) atoms. The third kappa shape index (κ3) is 4.70. The van der Waals surface area contributed by atoms with E-state index in [0.29, 0.717) is 18.2 Å². The SMILES string of the molecule is NC(CCC(F)(F)F)c1cc(C(F)(F)F)ccc1F. The van der Waals surface area contributed by atoms with Crippen molar-refractivity contribution in [3.05, 3.63) is 35.1 Å². The number of hydrogen-bond donors (Lipinski definition) is 1. The molecule has 8 heteroatoms. The maximum atomic E-state index is 13.3. The van der Waals surface area contributed by atoms with E-state index in [1.54, 1.807) is 0 Å². The van der Waals surface area contributed by atoms with E-state index in [1.807, 2.05) is 0 Å². The largest absolute Gasteiger partial charge is 0.416 e. The van der Waals surface area contributed by atoms with Gasteiger partial charge in [0.2, 0.25) is 0 Å². The Bertz CT molecular complexity index is 436. The molecule has 0 aliphatic carbocycles. The van der Waals surface area contributed by atoms with Gasteiger partial charge >= 0.3 is 12.4 Å². The van der Waals surface area contributed by atoms with Gasteiger partial charge in [0.1, 0.15) is 5.82 Å². The number of alkyl halides is 6. The van der Waals surface area contributed by atoms with Gasteiger partial charge in [0.05, 0.1) is 5.56 Å². The standard InChI is InChI=1S/C11H10F7N/c12-8-2-1-6(11(16,17)18)5-7(8)9(19)3-4-10(13,14)15/h1-2,5,9H,3-4,19H2. The zero-order chi connectivity index (χ0) is 14.8. The number of halogens is 7. The summed E-state index contributed by atoms with van der Waals surface area (Å²) >= 11 is 0. The van der Waals surface area contributed by atoms with Gasteiger partial charge in [-0.3, -0.25) is 0 Å². The maximum absolute atomic E-state index is 13.3. The minimum Gasteiger partial charge on any atom is -0.324 e. The third-order valence-electron chi connectivity index (χ3n) is 2.46. The van der Waals surface area contributed by atoms with Crippen molar-refractivity contribution in [1.82, 2.24) is 0 Å². The summed E-state index contributed by atoms with van der Waals surface area (Å²) in [6, 6.07) is 0.0565. The predicted molar refractivity (Wildman–Crippen MR) is 53.6 cm³/mol. The summed E-state index contributed by atoms with van der Waals surface area (Å²) in [7, 11) is 0. The van der Waals surface area contributed by atoms with Crippen LogP contribution in [-0.2, 0) is 6.18 Å². The first-order chi connectivity index (χ1) is 8.50. The molecular weight excluding hydrogens is 279 g/mol. The fourth-order valence-corrected chi connectivity index (χ4v) is 1.48. The lowest BCUT2D eigenvalue weighted by Crippen LogP contribution is -2.18. The van der Waals surface area contributed by atoms with Crippen LogP contribution in [0.5, 0.6) is 0 Å². The van der Waals surface area contributed by atoms with Crippen molar-refractivity contribution in [1.29, 1.82) is 0 Å². The highest BCUT2D eigenvalue weighted by molar-refractivity contribution is 5.29. The Morgan fingerprint density at radius 3 is 2.11 bits per heavy atom. The Hall–Kier alpha value is -1.31. The molecule has 0 heterocycles. The van der Waals surface area contributed by atoms with E-state index in [1.165, 1.54) is 0 Å². The van der Waals surface area contributed by atoms with E-state index in [9.17, 15) is 30.7 Å². The van der Waals surface area contributed by atoms with Crippen molar-refractivity contribution in [2.75, 3.05) is 0 Å². The van der Waals surface area contributed by atoms with Gasteiger partial charge in [0.25, 0.3) is 0 Å². The van der Waals surface area contributed by atoms with Gasteiger partial charge in [-0.05, 0) is 24.6 Å². The summed E-state index contributed by atoms with van der Waals surface area (Å²) < 4.78 is 86.4. The highest BCUT2D eigenvalue weighted by Crippen LogP contribution is 2.33. The molecule has 0 bridgehead atoms. The average Bonchev–Trinajstić information content (AvgIpc) is 2.24. The molecule has 0 amide bonds. The molecule has 1 rings (SSSR count). The summed E-state index contributed by atoms with van der Waals surface area (Å²) in [5.41, 5.74) is 3.59. The summed E-state index contributed by atoms with van der Waals surface area (Å²) in [6.45, 7) is 0. The van der Waals surface area contributed by atoms with Crippen LogP contribution in [0.2, 0.25) is 0 Å². The zero-order valence-electron chi connectivity index (χ0n) is 9.45. The van der Waals surface area contributed by atoms with Crippen molar-refractivity contribution in [2.45, 2.75) is 31.2 Å². The number of nitrogens with two attached hydrogens (primary N) is 1. The number of benzene rings is 1. The second-order valence-electron chi connectivity index (χ2n) is 3.99. The molecule has 0 saturated carbocycles. The molecule has 1 atom stereocenters. The van der Waals surface area contributed by atoms with Gasteiger partial charge in [-0.1, -0.05) is 0 Å². The van der Waals surface area contributed by atoms with E-state index in [4.69, 9.17) is 5.73 Å². The van der Waals surface area contributed by atoms with Crippen molar-refractivity contribution in [2.24, 2.45) is 5.73 Å². The molecule has 0 spiro atoms. The highest BCUT2D eigenvalue weighted by atomic mass is 19.4. The quantitative estimate of drug-likeness (QED) is 0.830. The van der Waals surface area contributed by atoms with Crippen LogP contribution in [0.25, 0.3) is 0 Å². The molecule has 0 aliphatic rings. The lowest BCUT2D eigenvalue weighted by atomic mass is 9.99. The number of hydrogen-bond acceptors (Lipinski definition) is 1. The van der Waals surface area contributed by atoms with Crippen LogP contribution in [0.3, 0.4) is 0 Å². The molecule has 1 unspecified atom stereocenters. The molecule has 0 saturated heterocycles. The molecule has 1 aromatic carbocycles. The first kappa shape index (κ1) is 15.7. The van der Waals surface area contributed by atoms with E-state index < -0.39 is 48.2 Å². The van der Waals surface area contributed by atoms with E-state index >= 15 is 0 Å². The molecule has 1 nitrogen and oxygen atoms in total. The Balaban J connectivity index is 2.93. The summed E-state index contributed by atoms with van der Waals surface area (Å²) in [5, 5.41) is 0. The van der Waals surface area contributed by atoms with Crippen LogP contribution < -0.4 is 5.73 Å². The van der Waals surface area contributed by atoms with E-state index in [0.717, 1.165) is 0 Å². The Morgan fingerprint density at radius 2 is 1.63 bits per heavy atom. The van der Waals surface area contributed by atoms with Crippen molar-refractivity contribution in [3.63, 3.8) is 0 Å². The highest BCUT2D eigenvalue weighted by Gasteiger charge is 2.32. The fourth-order valence-electron chi connectivity index (χ4n) is 1.48. The van der Waals surface area contributed by atoms with Gasteiger partial charge < -0.3 is 5.73 Å². The molecule has 0 aromatic heterocycles. The first-order valence-corrected chi connectivity index (χ1v) is 5.19. The van der Waals surface area contributed by atoms with Crippen LogP contribution in [0.4, 0.5) is 30.7 Å². The summed E-state index contributed by atoms with van der Waals surface area (Å²) in [6.07, 6.45) is -11.2. The summed E-state index contributed by atoms with van der Waals surface area (Å²) in [5.74, 6) is -1.05. The average molecular weight is 289 g/mol. The minimum absolute atomic E-state index is 0.441. The molecule has 2 N–H and O–H groups in total. The normalized spacial score (nSPS) is 14.5. The second-order valence-corrected chi connectivity index (χ2v) is 3.99. The zero-order valence-corrected chi connectivity index (χ0v) is 9.45. The lowest BCUT2D eigenvalue weighted by Gasteiger charge is -2.16. The van der Waals surface area contributed by atoms with Gasteiger partial charge in [-0.15, -0.1) is 0 Å². The van der Waals surface area contributed by atoms with Gasteiger partial charge in [-0.2, -0.15) is 26.3 Å². The van der Waals surface area contributed by atoms with Crippen molar-refractivity contribution >= 4 is 0 Å². The van der Waals surface area contributed by atoms with Gasteiger partial charge in [0.15, 0.2) is 0 Å². The second kappa shape index (κ2) is 5.36. The van der Waals surface area contributed by atoms with Crippen molar-refractivity contribution in [3.8, 4) is 0 Å². The molecule has 108 valence electrons. The van der Waals surface area contributed by atoms with Crippen LogP contribution in [0, 0.1) is 5.82 Å².